The molecule has 1 aromatic rings. The number of carboxylic acids is 1. The molecule has 180 valence electrons. The second-order valence-corrected chi connectivity index (χ2v) is 8.84. The molecule has 0 aliphatic carbocycles. The summed E-state index contributed by atoms with van der Waals surface area (Å²) in [5, 5.41) is 16.8. The van der Waals surface area contributed by atoms with Crippen LogP contribution in [0.25, 0.3) is 0 Å². The van der Waals surface area contributed by atoms with E-state index in [1.165, 1.54) is 19.4 Å². The lowest BCUT2D eigenvalue weighted by molar-refractivity contribution is -0.141. The van der Waals surface area contributed by atoms with Gasteiger partial charge in [-0.2, -0.15) is 0 Å². The molecule has 0 saturated heterocycles. The van der Waals surface area contributed by atoms with Gasteiger partial charge in [-0.3, -0.25) is 19.2 Å². The largest absolute Gasteiger partial charge is 0.480 e. The molecule has 1 aromatic heterocycles. The minimum absolute atomic E-state index is 0.0686. The van der Waals surface area contributed by atoms with Crippen LogP contribution in [0.4, 0.5) is 0 Å². The van der Waals surface area contributed by atoms with E-state index in [0.717, 1.165) is 0 Å². The molecule has 0 aliphatic rings. The molecular weight excluding hydrogens is 416 g/mol. The number of H-pyrrole nitrogens is 1. The van der Waals surface area contributed by atoms with E-state index in [-0.39, 0.29) is 18.3 Å². The van der Waals surface area contributed by atoms with Gasteiger partial charge >= 0.3 is 5.97 Å². The molecule has 0 fully saturated rings. The summed E-state index contributed by atoms with van der Waals surface area (Å²) < 4.78 is 0. The SMILES string of the molecule is CC(C)CC(N)C(=O)NC(CC(C)C)C(=O)NC(Cc1cnc[nH]1)C(=O)NC(C)C(=O)O. The molecule has 0 aliphatic heterocycles. The summed E-state index contributed by atoms with van der Waals surface area (Å²) in [5.74, 6) is -2.55. The van der Waals surface area contributed by atoms with Crippen LogP contribution in [0.5, 0.6) is 0 Å². The number of nitrogens with zero attached hydrogens (tertiary/aromatic N) is 1. The number of hydrogen-bond donors (Lipinski definition) is 6. The predicted octanol–water partition coefficient (Wildman–Crippen LogP) is -0.0694. The lowest BCUT2D eigenvalue weighted by atomic mass is 10.00. The fourth-order valence-electron chi connectivity index (χ4n) is 3.07. The van der Waals surface area contributed by atoms with E-state index in [0.29, 0.717) is 18.5 Å². The highest BCUT2D eigenvalue weighted by molar-refractivity contribution is 5.94. The molecule has 1 heterocycles. The number of rotatable bonds is 13. The first-order valence-corrected chi connectivity index (χ1v) is 10.8. The fourth-order valence-corrected chi connectivity index (χ4v) is 3.07. The van der Waals surface area contributed by atoms with Crippen LogP contribution in [-0.2, 0) is 25.6 Å². The van der Waals surface area contributed by atoms with Gasteiger partial charge in [-0.25, -0.2) is 4.98 Å². The molecule has 0 radical (unpaired) electrons. The molecule has 1 rings (SSSR count). The number of carbonyl (C=O) groups excluding carboxylic acids is 3. The molecule has 11 heteroatoms. The van der Waals surface area contributed by atoms with E-state index in [2.05, 4.69) is 25.9 Å². The maximum absolute atomic E-state index is 13.0. The topological polar surface area (TPSA) is 179 Å². The Balaban J connectivity index is 2.98. The maximum Gasteiger partial charge on any atom is 0.325 e. The number of hydrogen-bond acceptors (Lipinski definition) is 6. The number of aliphatic carboxylic acids is 1. The number of aromatic nitrogens is 2. The standard InChI is InChI=1S/C21H36N6O5/c1-11(2)6-15(22)18(28)26-16(7-12(3)4)20(30)27-17(8-14-9-23-10-24-14)19(29)25-13(5)21(31)32/h9-13,15-17H,6-8,22H2,1-5H3,(H,23,24)(H,25,29)(H,26,28)(H,27,30)(H,31,32). The van der Waals surface area contributed by atoms with E-state index >= 15 is 0 Å². The van der Waals surface area contributed by atoms with E-state index < -0.39 is 47.9 Å². The van der Waals surface area contributed by atoms with E-state index in [9.17, 15) is 19.2 Å². The quantitative estimate of drug-likeness (QED) is 0.242. The lowest BCUT2D eigenvalue weighted by Crippen LogP contribution is -2.57. The molecule has 0 aromatic carbocycles. The van der Waals surface area contributed by atoms with Gasteiger partial charge in [0.25, 0.3) is 0 Å². The van der Waals surface area contributed by atoms with Crippen LogP contribution in [0.15, 0.2) is 12.5 Å². The van der Waals surface area contributed by atoms with Crippen LogP contribution < -0.4 is 21.7 Å². The Kier molecular flexibility index (Phi) is 10.8. The molecule has 0 spiro atoms. The number of aromatic amines is 1. The number of nitrogens with two attached hydrogens (primary N) is 1. The minimum atomic E-state index is -1.20. The zero-order chi connectivity index (χ0) is 24.4. The lowest BCUT2D eigenvalue weighted by Gasteiger charge is -2.25. The highest BCUT2D eigenvalue weighted by Crippen LogP contribution is 2.09. The van der Waals surface area contributed by atoms with E-state index in [1.807, 2.05) is 27.7 Å². The van der Waals surface area contributed by atoms with Crippen molar-refractivity contribution in [2.24, 2.45) is 17.6 Å². The number of carboxylic acid groups (broad SMARTS) is 1. The van der Waals surface area contributed by atoms with Gasteiger partial charge in [0, 0.05) is 18.3 Å². The molecule has 4 atom stereocenters. The van der Waals surface area contributed by atoms with Crippen LogP contribution in [-0.4, -0.2) is 62.9 Å². The van der Waals surface area contributed by atoms with Crippen LogP contribution in [0, 0.1) is 11.8 Å². The Morgan fingerprint density at radius 1 is 0.938 bits per heavy atom. The van der Waals surface area contributed by atoms with Gasteiger partial charge in [0.2, 0.25) is 17.7 Å². The summed E-state index contributed by atoms with van der Waals surface area (Å²) in [6, 6.07) is -3.85. The maximum atomic E-state index is 13.0. The van der Waals surface area contributed by atoms with Crippen molar-refractivity contribution in [3.05, 3.63) is 18.2 Å². The first kappa shape index (κ1) is 27.1. The van der Waals surface area contributed by atoms with Gasteiger partial charge in [0.1, 0.15) is 18.1 Å². The van der Waals surface area contributed by atoms with Crippen molar-refractivity contribution in [3.8, 4) is 0 Å². The number of carbonyl (C=O) groups is 4. The number of nitrogens with one attached hydrogen (secondary N) is 4. The Bertz CT molecular complexity index is 765. The van der Waals surface area contributed by atoms with Gasteiger partial charge in [-0.1, -0.05) is 27.7 Å². The van der Waals surface area contributed by atoms with Crippen LogP contribution in [0.2, 0.25) is 0 Å². The second kappa shape index (κ2) is 12.8. The Morgan fingerprint density at radius 2 is 1.50 bits per heavy atom. The molecule has 32 heavy (non-hydrogen) atoms. The van der Waals surface area contributed by atoms with Crippen molar-refractivity contribution < 1.29 is 24.3 Å². The predicted molar refractivity (Wildman–Crippen MR) is 118 cm³/mol. The van der Waals surface area contributed by atoms with Crippen molar-refractivity contribution in [1.82, 2.24) is 25.9 Å². The molecule has 0 bridgehead atoms. The first-order valence-electron chi connectivity index (χ1n) is 10.8. The Labute approximate surface area is 188 Å². The summed E-state index contributed by atoms with van der Waals surface area (Å²) in [7, 11) is 0. The second-order valence-electron chi connectivity index (χ2n) is 8.84. The van der Waals surface area contributed by atoms with Crippen LogP contribution in [0.1, 0.15) is 53.2 Å². The molecule has 11 nitrogen and oxygen atoms in total. The summed E-state index contributed by atoms with van der Waals surface area (Å²) >= 11 is 0. The van der Waals surface area contributed by atoms with Crippen molar-refractivity contribution in [2.75, 3.05) is 0 Å². The zero-order valence-electron chi connectivity index (χ0n) is 19.3. The fraction of sp³-hybridized carbons (Fsp3) is 0.667. The molecule has 4 unspecified atom stereocenters. The monoisotopic (exact) mass is 452 g/mol. The minimum Gasteiger partial charge on any atom is -0.480 e. The summed E-state index contributed by atoms with van der Waals surface area (Å²) in [5.41, 5.74) is 6.53. The average molecular weight is 453 g/mol. The van der Waals surface area contributed by atoms with E-state index in [1.54, 1.807) is 0 Å². The average Bonchev–Trinajstić information content (AvgIpc) is 3.18. The van der Waals surface area contributed by atoms with Crippen LogP contribution >= 0.6 is 0 Å². The third kappa shape index (κ3) is 9.46. The third-order valence-electron chi connectivity index (χ3n) is 4.74. The normalized spacial score (nSPS) is 15.0. The van der Waals surface area contributed by atoms with Gasteiger partial charge in [-0.15, -0.1) is 0 Å². The molecule has 0 saturated carbocycles. The zero-order valence-corrected chi connectivity index (χ0v) is 19.3. The summed E-state index contributed by atoms with van der Waals surface area (Å²) in [6.07, 6.45) is 3.82. The molecule has 7 N–H and O–H groups in total. The summed E-state index contributed by atoms with van der Waals surface area (Å²) in [6.45, 7) is 9.03. The van der Waals surface area contributed by atoms with Crippen LogP contribution in [0.3, 0.4) is 0 Å². The van der Waals surface area contributed by atoms with Crippen molar-refractivity contribution >= 4 is 23.7 Å². The van der Waals surface area contributed by atoms with Crippen molar-refractivity contribution in [2.45, 2.75) is 78.0 Å². The first-order chi connectivity index (χ1) is 14.9. The number of imidazole rings is 1. The van der Waals surface area contributed by atoms with Gasteiger partial charge < -0.3 is 31.8 Å². The van der Waals surface area contributed by atoms with Gasteiger partial charge in [-0.05, 0) is 31.6 Å². The van der Waals surface area contributed by atoms with Crippen molar-refractivity contribution in [1.29, 1.82) is 0 Å². The van der Waals surface area contributed by atoms with Gasteiger partial charge in [0.15, 0.2) is 0 Å². The number of amides is 3. The molecule has 3 amide bonds. The van der Waals surface area contributed by atoms with E-state index in [4.69, 9.17) is 10.8 Å². The summed E-state index contributed by atoms with van der Waals surface area (Å²) in [4.78, 5) is 56.1. The molecular formula is C21H36N6O5. The Morgan fingerprint density at radius 3 is 2.00 bits per heavy atom. The van der Waals surface area contributed by atoms with Gasteiger partial charge in [0.05, 0.1) is 12.4 Å². The smallest absolute Gasteiger partial charge is 0.325 e. The third-order valence-corrected chi connectivity index (χ3v) is 4.74. The van der Waals surface area contributed by atoms with Crippen molar-refractivity contribution in [3.63, 3.8) is 0 Å². The Hall–Kier alpha value is -2.95. The highest BCUT2D eigenvalue weighted by Gasteiger charge is 2.30. The highest BCUT2D eigenvalue weighted by atomic mass is 16.4.